The van der Waals surface area contributed by atoms with Gasteiger partial charge in [-0.05, 0) is 42.8 Å². The third-order valence-electron chi connectivity index (χ3n) is 3.86. The molecule has 1 aliphatic heterocycles. The molecule has 5 nitrogen and oxygen atoms in total. The summed E-state index contributed by atoms with van der Waals surface area (Å²) in [4.78, 5) is 9.58. The zero-order valence-corrected chi connectivity index (χ0v) is 13.8. The van der Waals surface area contributed by atoms with Crippen molar-refractivity contribution in [3.8, 4) is 0 Å². The fraction of sp³-hybridized carbons (Fsp3) is 0.571. The molecule has 0 aromatic carbocycles. The van der Waals surface area contributed by atoms with E-state index in [-0.39, 0.29) is 5.54 Å². The normalized spacial score (nSPS) is 17.9. The highest BCUT2D eigenvalue weighted by molar-refractivity contribution is 9.10. The van der Waals surface area contributed by atoms with Crippen LogP contribution in [0.4, 0.5) is 5.82 Å². The Labute approximate surface area is 127 Å². The molecule has 3 heterocycles. The lowest BCUT2D eigenvalue weighted by atomic mass is 10.1. The number of aromatic nitrogens is 3. The minimum atomic E-state index is 0.248. The molecule has 0 amide bonds. The number of anilines is 1. The van der Waals surface area contributed by atoms with Gasteiger partial charge in [-0.1, -0.05) is 0 Å². The van der Waals surface area contributed by atoms with E-state index in [1.807, 2.05) is 12.3 Å². The highest BCUT2D eigenvalue weighted by Gasteiger charge is 2.26. The summed E-state index contributed by atoms with van der Waals surface area (Å²) in [6.45, 7) is 11.0. The van der Waals surface area contributed by atoms with Gasteiger partial charge in [0.15, 0.2) is 5.65 Å². The van der Waals surface area contributed by atoms with E-state index < -0.39 is 0 Å². The van der Waals surface area contributed by atoms with Crippen LogP contribution in [0.3, 0.4) is 0 Å². The van der Waals surface area contributed by atoms with Crippen molar-refractivity contribution in [1.82, 2.24) is 19.5 Å². The number of halogens is 1. The maximum atomic E-state index is 4.71. The molecule has 2 aromatic heterocycles. The molecular weight excluding hydrogens is 318 g/mol. The van der Waals surface area contributed by atoms with Gasteiger partial charge in [-0.15, -0.1) is 0 Å². The summed E-state index contributed by atoms with van der Waals surface area (Å²) >= 11 is 3.49. The summed E-state index contributed by atoms with van der Waals surface area (Å²) in [6.07, 6.45) is 3.75. The van der Waals surface area contributed by atoms with Crippen LogP contribution in [-0.2, 0) is 0 Å². The van der Waals surface area contributed by atoms with Crippen molar-refractivity contribution >= 4 is 27.4 Å². The topological polar surface area (TPSA) is 36.7 Å². The van der Waals surface area contributed by atoms with Crippen LogP contribution < -0.4 is 4.90 Å². The van der Waals surface area contributed by atoms with Crippen molar-refractivity contribution in [1.29, 1.82) is 0 Å². The van der Waals surface area contributed by atoms with E-state index in [1.165, 1.54) is 0 Å². The number of piperazine rings is 1. The van der Waals surface area contributed by atoms with Crippen LogP contribution in [0.15, 0.2) is 22.9 Å². The summed E-state index contributed by atoms with van der Waals surface area (Å²) in [5.74, 6) is 1.03. The van der Waals surface area contributed by atoms with E-state index in [0.29, 0.717) is 0 Å². The Morgan fingerprint density at radius 2 is 1.85 bits per heavy atom. The van der Waals surface area contributed by atoms with Gasteiger partial charge in [0.2, 0.25) is 0 Å². The Kier molecular flexibility index (Phi) is 3.46. The Balaban J connectivity index is 1.78. The van der Waals surface area contributed by atoms with Gasteiger partial charge < -0.3 is 4.90 Å². The lowest BCUT2D eigenvalue weighted by Crippen LogP contribution is -2.53. The fourth-order valence-corrected chi connectivity index (χ4v) is 2.98. The number of hydrogen-bond donors (Lipinski definition) is 0. The molecule has 0 bridgehead atoms. The molecule has 0 atom stereocenters. The molecule has 0 saturated carbocycles. The summed E-state index contributed by atoms with van der Waals surface area (Å²) in [6, 6.07) is 2.04. The first-order valence-corrected chi connectivity index (χ1v) is 7.74. The van der Waals surface area contributed by atoms with Crippen molar-refractivity contribution in [3.05, 3.63) is 22.9 Å². The van der Waals surface area contributed by atoms with Crippen LogP contribution in [0.5, 0.6) is 0 Å². The van der Waals surface area contributed by atoms with Crippen LogP contribution in [0.25, 0.3) is 5.65 Å². The molecule has 2 aromatic rings. The molecule has 3 rings (SSSR count). The molecule has 1 fully saturated rings. The van der Waals surface area contributed by atoms with Gasteiger partial charge in [-0.2, -0.15) is 5.10 Å². The Hall–Kier alpha value is -1.14. The second-order valence-corrected chi connectivity index (χ2v) is 7.05. The molecular formula is C14H20BrN5. The fourth-order valence-electron chi connectivity index (χ4n) is 2.61. The quantitative estimate of drug-likeness (QED) is 0.800. The Bertz CT molecular complexity index is 608. The van der Waals surface area contributed by atoms with Crippen LogP contribution >= 0.6 is 15.9 Å². The van der Waals surface area contributed by atoms with Crippen molar-refractivity contribution < 1.29 is 0 Å². The first-order valence-electron chi connectivity index (χ1n) is 6.95. The first-order chi connectivity index (χ1) is 9.45. The van der Waals surface area contributed by atoms with Gasteiger partial charge >= 0.3 is 0 Å². The van der Waals surface area contributed by atoms with Gasteiger partial charge in [-0.25, -0.2) is 9.50 Å². The molecule has 6 heteroatoms. The van der Waals surface area contributed by atoms with E-state index in [1.54, 1.807) is 10.7 Å². The monoisotopic (exact) mass is 337 g/mol. The summed E-state index contributed by atoms with van der Waals surface area (Å²) < 4.78 is 2.73. The second kappa shape index (κ2) is 5.00. The largest absolute Gasteiger partial charge is 0.354 e. The molecule has 0 aliphatic carbocycles. The zero-order valence-electron chi connectivity index (χ0n) is 12.2. The Morgan fingerprint density at radius 1 is 1.15 bits per heavy atom. The first kappa shape index (κ1) is 13.8. The van der Waals surface area contributed by atoms with Crippen LogP contribution in [0.2, 0.25) is 0 Å². The molecule has 0 unspecified atom stereocenters. The van der Waals surface area contributed by atoms with Gasteiger partial charge in [0.25, 0.3) is 0 Å². The maximum Gasteiger partial charge on any atom is 0.171 e. The standard InChI is InChI=1S/C14H20BrN5/c1-14(2,3)19-8-6-18(7-9-19)12-4-5-20-13(17-12)11(15)10-16-20/h4-5,10H,6-9H2,1-3H3. The third kappa shape index (κ3) is 2.54. The molecule has 0 radical (unpaired) electrons. The third-order valence-corrected chi connectivity index (χ3v) is 4.42. The molecule has 108 valence electrons. The molecule has 20 heavy (non-hydrogen) atoms. The average Bonchev–Trinajstić information content (AvgIpc) is 2.79. The van der Waals surface area contributed by atoms with E-state index in [0.717, 1.165) is 42.1 Å². The maximum absolute atomic E-state index is 4.71. The van der Waals surface area contributed by atoms with E-state index >= 15 is 0 Å². The SMILES string of the molecule is CC(C)(C)N1CCN(c2ccn3ncc(Br)c3n2)CC1. The van der Waals surface area contributed by atoms with Crippen LogP contribution in [0, 0.1) is 0 Å². The highest BCUT2D eigenvalue weighted by atomic mass is 79.9. The van der Waals surface area contributed by atoms with Crippen LogP contribution in [0.1, 0.15) is 20.8 Å². The van der Waals surface area contributed by atoms with E-state index in [4.69, 9.17) is 4.98 Å². The lowest BCUT2D eigenvalue weighted by molar-refractivity contribution is 0.128. The summed E-state index contributed by atoms with van der Waals surface area (Å²) in [5, 5.41) is 4.23. The van der Waals surface area contributed by atoms with Crippen molar-refractivity contribution in [2.45, 2.75) is 26.3 Å². The van der Waals surface area contributed by atoms with Gasteiger partial charge in [0.1, 0.15) is 5.82 Å². The number of hydrogen-bond acceptors (Lipinski definition) is 4. The molecule has 1 saturated heterocycles. The average molecular weight is 338 g/mol. The highest BCUT2D eigenvalue weighted by Crippen LogP contribution is 2.22. The molecule has 1 aliphatic rings. The second-order valence-electron chi connectivity index (χ2n) is 6.19. The van der Waals surface area contributed by atoms with Gasteiger partial charge in [-0.3, -0.25) is 4.90 Å². The van der Waals surface area contributed by atoms with Gasteiger partial charge in [0.05, 0.1) is 10.7 Å². The lowest BCUT2D eigenvalue weighted by Gasteiger charge is -2.42. The van der Waals surface area contributed by atoms with Gasteiger partial charge in [0, 0.05) is 37.9 Å². The predicted octanol–water partition coefficient (Wildman–Crippen LogP) is 2.41. The zero-order chi connectivity index (χ0) is 14.3. The van der Waals surface area contributed by atoms with Crippen LogP contribution in [-0.4, -0.2) is 51.2 Å². The minimum absolute atomic E-state index is 0.248. The smallest absolute Gasteiger partial charge is 0.171 e. The minimum Gasteiger partial charge on any atom is -0.354 e. The number of nitrogens with zero attached hydrogens (tertiary/aromatic N) is 5. The van der Waals surface area contributed by atoms with Crippen molar-refractivity contribution in [3.63, 3.8) is 0 Å². The van der Waals surface area contributed by atoms with E-state index in [9.17, 15) is 0 Å². The van der Waals surface area contributed by atoms with E-state index in [2.05, 4.69) is 51.6 Å². The van der Waals surface area contributed by atoms with Crippen molar-refractivity contribution in [2.24, 2.45) is 0 Å². The number of fused-ring (bicyclic) bond motifs is 1. The number of rotatable bonds is 1. The summed E-state index contributed by atoms with van der Waals surface area (Å²) in [7, 11) is 0. The predicted molar refractivity (Wildman–Crippen MR) is 84.2 cm³/mol. The molecule has 0 N–H and O–H groups in total. The molecule has 0 spiro atoms. The summed E-state index contributed by atoms with van der Waals surface area (Å²) in [5.41, 5.74) is 1.12. The van der Waals surface area contributed by atoms with Crippen molar-refractivity contribution in [2.75, 3.05) is 31.1 Å². The Morgan fingerprint density at radius 3 is 2.50 bits per heavy atom.